The van der Waals surface area contributed by atoms with Crippen molar-refractivity contribution < 1.29 is 4.79 Å². The molecule has 2 aromatic rings. The molecule has 1 amide bonds. The molecule has 0 fully saturated rings. The summed E-state index contributed by atoms with van der Waals surface area (Å²) in [6.45, 7) is 3.92. The average molecular weight is 329 g/mol. The second-order valence-corrected chi connectivity index (χ2v) is 6.42. The lowest BCUT2D eigenvalue weighted by molar-refractivity contribution is -0.131. The van der Waals surface area contributed by atoms with Crippen LogP contribution in [0, 0.1) is 0 Å². The first-order chi connectivity index (χ1) is 11.1. The topological polar surface area (TPSA) is 32.3 Å². The molecule has 0 radical (unpaired) electrons. The van der Waals surface area contributed by atoms with Crippen molar-refractivity contribution in [3.8, 4) is 0 Å². The van der Waals surface area contributed by atoms with Crippen LogP contribution in [-0.2, 0) is 17.8 Å². The zero-order chi connectivity index (χ0) is 16.2. The number of fused-ring (bicyclic) bond motifs is 1. The fraction of sp³-hybridized carbons (Fsp3) is 0.316. The molecule has 0 spiro atoms. The molecule has 1 heterocycles. The van der Waals surface area contributed by atoms with Gasteiger partial charge in [-0.2, -0.15) is 0 Å². The lowest BCUT2D eigenvalue weighted by Crippen LogP contribution is -2.41. The molecule has 120 valence electrons. The first-order valence-corrected chi connectivity index (χ1v) is 8.34. The minimum absolute atomic E-state index is 0.119. The normalized spacial score (nSPS) is 15.1. The summed E-state index contributed by atoms with van der Waals surface area (Å²) < 4.78 is 0. The summed E-state index contributed by atoms with van der Waals surface area (Å²) in [5, 5.41) is 4.03. The number of carbonyl (C=O) groups excluding carboxylic acids is 1. The molecule has 0 bridgehead atoms. The molecule has 1 aliphatic rings. The molecule has 4 heteroatoms. The molecule has 0 saturated heterocycles. The highest BCUT2D eigenvalue weighted by Crippen LogP contribution is 2.19. The molecular weight excluding hydrogens is 308 g/mol. The molecule has 3 nitrogen and oxygen atoms in total. The summed E-state index contributed by atoms with van der Waals surface area (Å²) in [6.07, 6.45) is 0.939. The van der Waals surface area contributed by atoms with Crippen molar-refractivity contribution in [3.63, 3.8) is 0 Å². The molecule has 0 aromatic heterocycles. The standard InChI is InChI=1S/C19H21ClN2O/c1-14(15-6-8-18(20)9-7-15)21-12-19(23)22-11-10-16-4-2-3-5-17(16)13-22/h2-9,14,21H,10-13H2,1H3/t14-/m1/s1. The number of hydrogen-bond donors (Lipinski definition) is 1. The van der Waals surface area contributed by atoms with Gasteiger partial charge in [-0.3, -0.25) is 4.79 Å². The van der Waals surface area contributed by atoms with Crippen LogP contribution in [0.25, 0.3) is 0 Å². The summed E-state index contributed by atoms with van der Waals surface area (Å²) in [7, 11) is 0. The van der Waals surface area contributed by atoms with E-state index in [9.17, 15) is 4.79 Å². The third-order valence-corrected chi connectivity index (χ3v) is 4.66. The Balaban J connectivity index is 1.55. The Morgan fingerprint density at radius 1 is 1.17 bits per heavy atom. The van der Waals surface area contributed by atoms with Crippen molar-refractivity contribution in [3.05, 3.63) is 70.2 Å². The quantitative estimate of drug-likeness (QED) is 0.930. The van der Waals surface area contributed by atoms with Gasteiger partial charge in [0.15, 0.2) is 0 Å². The highest BCUT2D eigenvalue weighted by Gasteiger charge is 2.20. The van der Waals surface area contributed by atoms with Crippen LogP contribution in [0.1, 0.15) is 29.7 Å². The summed E-state index contributed by atoms with van der Waals surface area (Å²) in [6, 6.07) is 16.2. The maximum Gasteiger partial charge on any atom is 0.236 e. The Labute approximate surface area is 142 Å². The smallest absolute Gasteiger partial charge is 0.236 e. The van der Waals surface area contributed by atoms with Crippen LogP contribution in [0.2, 0.25) is 5.02 Å². The van der Waals surface area contributed by atoms with Crippen LogP contribution in [0.4, 0.5) is 0 Å². The van der Waals surface area contributed by atoms with E-state index in [1.807, 2.05) is 35.2 Å². The molecular formula is C19H21ClN2O. The third kappa shape index (κ3) is 3.92. The predicted molar refractivity (Wildman–Crippen MR) is 93.4 cm³/mol. The van der Waals surface area contributed by atoms with E-state index in [1.165, 1.54) is 11.1 Å². The Kier molecular flexibility index (Phi) is 4.99. The Hall–Kier alpha value is -1.84. The highest BCUT2D eigenvalue weighted by atomic mass is 35.5. The van der Waals surface area contributed by atoms with Gasteiger partial charge in [-0.15, -0.1) is 0 Å². The highest BCUT2D eigenvalue weighted by molar-refractivity contribution is 6.30. The summed E-state index contributed by atoms with van der Waals surface area (Å²) >= 11 is 5.91. The molecule has 0 aliphatic carbocycles. The molecule has 1 aliphatic heterocycles. The van der Waals surface area contributed by atoms with E-state index in [4.69, 9.17) is 11.6 Å². The number of halogens is 1. The van der Waals surface area contributed by atoms with Crippen molar-refractivity contribution in [1.29, 1.82) is 0 Å². The number of amides is 1. The third-order valence-electron chi connectivity index (χ3n) is 4.41. The van der Waals surface area contributed by atoms with Crippen molar-refractivity contribution in [2.24, 2.45) is 0 Å². The van der Waals surface area contributed by atoms with Gasteiger partial charge in [0.25, 0.3) is 0 Å². The van der Waals surface area contributed by atoms with E-state index in [1.54, 1.807) is 0 Å². The van der Waals surface area contributed by atoms with E-state index in [2.05, 4.69) is 30.4 Å². The van der Waals surface area contributed by atoms with E-state index < -0.39 is 0 Å². The molecule has 0 unspecified atom stereocenters. The van der Waals surface area contributed by atoms with Crippen LogP contribution in [0.15, 0.2) is 48.5 Å². The zero-order valence-corrected chi connectivity index (χ0v) is 14.0. The van der Waals surface area contributed by atoms with Crippen LogP contribution in [0.5, 0.6) is 0 Å². The number of rotatable bonds is 4. The number of nitrogens with one attached hydrogen (secondary N) is 1. The van der Waals surface area contributed by atoms with Gasteiger partial charge in [0.1, 0.15) is 0 Å². The Bertz CT molecular complexity index is 684. The van der Waals surface area contributed by atoms with E-state index in [-0.39, 0.29) is 11.9 Å². The molecule has 23 heavy (non-hydrogen) atoms. The Morgan fingerprint density at radius 3 is 2.61 bits per heavy atom. The monoisotopic (exact) mass is 328 g/mol. The summed E-state index contributed by atoms with van der Waals surface area (Å²) in [5.74, 6) is 0.153. The van der Waals surface area contributed by atoms with Crippen molar-refractivity contribution in [2.45, 2.75) is 25.9 Å². The first-order valence-electron chi connectivity index (χ1n) is 7.97. The van der Waals surface area contributed by atoms with Crippen LogP contribution < -0.4 is 5.32 Å². The minimum Gasteiger partial charge on any atom is -0.337 e. The van der Waals surface area contributed by atoms with Crippen molar-refractivity contribution in [1.82, 2.24) is 10.2 Å². The summed E-state index contributed by atoms with van der Waals surface area (Å²) in [4.78, 5) is 14.4. The maximum absolute atomic E-state index is 12.4. The number of carbonyl (C=O) groups is 1. The molecule has 1 atom stereocenters. The minimum atomic E-state index is 0.119. The van der Waals surface area contributed by atoms with Crippen LogP contribution in [-0.4, -0.2) is 23.9 Å². The fourth-order valence-electron chi connectivity index (χ4n) is 2.93. The summed E-state index contributed by atoms with van der Waals surface area (Å²) in [5.41, 5.74) is 3.75. The number of hydrogen-bond acceptors (Lipinski definition) is 2. The lowest BCUT2D eigenvalue weighted by Gasteiger charge is -2.29. The molecule has 1 N–H and O–H groups in total. The lowest BCUT2D eigenvalue weighted by atomic mass is 10.00. The van der Waals surface area contributed by atoms with E-state index in [0.717, 1.165) is 23.6 Å². The second kappa shape index (κ2) is 7.16. The SMILES string of the molecule is C[C@@H](NCC(=O)N1CCc2ccccc2C1)c1ccc(Cl)cc1. The van der Waals surface area contributed by atoms with Crippen LogP contribution in [0.3, 0.4) is 0 Å². The molecule has 2 aromatic carbocycles. The van der Waals surface area contributed by atoms with Gasteiger partial charge in [-0.25, -0.2) is 0 Å². The van der Waals surface area contributed by atoms with Crippen molar-refractivity contribution >= 4 is 17.5 Å². The molecule has 3 rings (SSSR count). The van der Waals surface area contributed by atoms with Crippen LogP contribution >= 0.6 is 11.6 Å². The van der Waals surface area contributed by atoms with Crippen molar-refractivity contribution in [2.75, 3.05) is 13.1 Å². The number of benzene rings is 2. The van der Waals surface area contributed by atoms with Gasteiger partial charge in [-0.1, -0.05) is 48.0 Å². The Morgan fingerprint density at radius 2 is 1.87 bits per heavy atom. The van der Waals surface area contributed by atoms with E-state index >= 15 is 0 Å². The first kappa shape index (κ1) is 16.0. The zero-order valence-electron chi connectivity index (χ0n) is 13.3. The van der Waals surface area contributed by atoms with Gasteiger partial charge >= 0.3 is 0 Å². The molecule has 0 saturated carbocycles. The van der Waals surface area contributed by atoms with Gasteiger partial charge in [0, 0.05) is 24.2 Å². The van der Waals surface area contributed by atoms with Gasteiger partial charge in [0.2, 0.25) is 5.91 Å². The number of nitrogens with zero attached hydrogens (tertiary/aromatic N) is 1. The van der Waals surface area contributed by atoms with Gasteiger partial charge in [-0.05, 0) is 42.2 Å². The predicted octanol–water partition coefficient (Wildman–Crippen LogP) is 3.58. The van der Waals surface area contributed by atoms with E-state index in [0.29, 0.717) is 13.1 Å². The second-order valence-electron chi connectivity index (χ2n) is 5.99. The fourth-order valence-corrected chi connectivity index (χ4v) is 3.06. The largest absolute Gasteiger partial charge is 0.337 e. The average Bonchev–Trinajstić information content (AvgIpc) is 2.59. The van der Waals surface area contributed by atoms with Gasteiger partial charge in [0.05, 0.1) is 6.54 Å². The maximum atomic E-state index is 12.4. The van der Waals surface area contributed by atoms with Gasteiger partial charge < -0.3 is 10.2 Å².